The van der Waals surface area contributed by atoms with E-state index in [0.717, 1.165) is 24.9 Å². The number of benzene rings is 1. The fourth-order valence-corrected chi connectivity index (χ4v) is 4.00. The monoisotopic (exact) mass is 330 g/mol. The van der Waals surface area contributed by atoms with Gasteiger partial charge in [0.15, 0.2) is 0 Å². The van der Waals surface area contributed by atoms with Crippen molar-refractivity contribution in [2.45, 2.75) is 44.4 Å². The maximum absolute atomic E-state index is 12.3. The van der Waals surface area contributed by atoms with Crippen molar-refractivity contribution in [2.24, 2.45) is 5.92 Å². The van der Waals surface area contributed by atoms with Crippen molar-refractivity contribution in [3.8, 4) is 0 Å². The average Bonchev–Trinajstić information content (AvgIpc) is 3.13. The van der Waals surface area contributed by atoms with Crippen LogP contribution in [0.25, 0.3) is 0 Å². The number of rotatable bonds is 4. The highest BCUT2D eigenvalue weighted by Gasteiger charge is 2.26. The summed E-state index contributed by atoms with van der Waals surface area (Å²) in [5, 5.41) is 12.4. The number of nitrogens with zero attached hydrogens (tertiary/aromatic N) is 1. The Hall–Kier alpha value is -2.04. The summed E-state index contributed by atoms with van der Waals surface area (Å²) in [6.45, 7) is 2.17. The summed E-state index contributed by atoms with van der Waals surface area (Å²) in [6, 6.07) is 7.26. The number of carbonyl (C=O) groups excluding carboxylic acids is 1. The second-order valence-corrected chi connectivity index (χ2v) is 6.99. The van der Waals surface area contributed by atoms with E-state index in [-0.39, 0.29) is 11.9 Å². The number of nitrogens with one attached hydrogen (secondary N) is 1. The van der Waals surface area contributed by atoms with Gasteiger partial charge in [0.05, 0.1) is 5.56 Å². The van der Waals surface area contributed by atoms with Gasteiger partial charge < -0.3 is 15.3 Å². The van der Waals surface area contributed by atoms with Gasteiger partial charge in [-0.3, -0.25) is 0 Å². The lowest BCUT2D eigenvalue weighted by molar-refractivity contribution is 0.0694. The first-order valence-corrected chi connectivity index (χ1v) is 9.00. The van der Waals surface area contributed by atoms with Crippen molar-refractivity contribution in [2.75, 3.05) is 19.6 Å². The Balaban J connectivity index is 1.52. The Kier molecular flexibility index (Phi) is 5.38. The highest BCUT2D eigenvalue weighted by atomic mass is 16.4. The largest absolute Gasteiger partial charge is 0.478 e. The average molecular weight is 330 g/mol. The van der Waals surface area contributed by atoms with Crippen LogP contribution in [0, 0.1) is 5.92 Å². The third-order valence-corrected chi connectivity index (χ3v) is 5.43. The Morgan fingerprint density at radius 2 is 1.75 bits per heavy atom. The second-order valence-electron chi connectivity index (χ2n) is 6.99. The molecule has 1 aliphatic carbocycles. The normalized spacial score (nSPS) is 19.4. The summed E-state index contributed by atoms with van der Waals surface area (Å²) in [4.78, 5) is 25.5. The maximum Gasteiger partial charge on any atom is 0.335 e. The van der Waals surface area contributed by atoms with Crippen LogP contribution in [0.15, 0.2) is 24.3 Å². The summed E-state index contributed by atoms with van der Waals surface area (Å²) in [7, 11) is 0. The molecule has 3 rings (SSSR count). The molecule has 1 aromatic rings. The van der Waals surface area contributed by atoms with Gasteiger partial charge in [-0.2, -0.15) is 0 Å². The van der Waals surface area contributed by atoms with E-state index in [9.17, 15) is 14.7 Å². The summed E-state index contributed by atoms with van der Waals surface area (Å²) in [6.07, 6.45) is 6.68. The van der Waals surface area contributed by atoms with Crippen molar-refractivity contribution >= 4 is 12.0 Å². The molecule has 1 aliphatic heterocycles. The fraction of sp³-hybridized carbons (Fsp3) is 0.579. The molecular formula is C19H26N2O3. The van der Waals surface area contributed by atoms with Gasteiger partial charge in [0, 0.05) is 19.6 Å². The van der Waals surface area contributed by atoms with Gasteiger partial charge in [-0.25, -0.2) is 9.59 Å². The number of amides is 2. The lowest BCUT2D eigenvalue weighted by atomic mass is 9.86. The number of aromatic carboxylic acids is 1. The zero-order valence-electron chi connectivity index (χ0n) is 14.0. The van der Waals surface area contributed by atoms with E-state index in [1.807, 2.05) is 17.0 Å². The Labute approximate surface area is 143 Å². The minimum Gasteiger partial charge on any atom is -0.478 e. The summed E-state index contributed by atoms with van der Waals surface area (Å²) in [5.41, 5.74) is 1.29. The van der Waals surface area contributed by atoms with Gasteiger partial charge in [-0.15, -0.1) is 0 Å². The van der Waals surface area contributed by atoms with Crippen molar-refractivity contribution in [1.29, 1.82) is 0 Å². The molecule has 0 bridgehead atoms. The lowest BCUT2D eigenvalue weighted by Crippen LogP contribution is -2.45. The number of hydrogen-bond donors (Lipinski definition) is 2. The first-order valence-electron chi connectivity index (χ1n) is 9.00. The van der Waals surface area contributed by atoms with Crippen LogP contribution in [0.2, 0.25) is 0 Å². The van der Waals surface area contributed by atoms with Gasteiger partial charge in [0.25, 0.3) is 0 Å². The molecule has 5 heteroatoms. The van der Waals surface area contributed by atoms with E-state index in [1.165, 1.54) is 25.7 Å². The van der Waals surface area contributed by atoms with Crippen LogP contribution in [0.3, 0.4) is 0 Å². The van der Waals surface area contributed by atoms with E-state index in [1.54, 1.807) is 12.1 Å². The van der Waals surface area contributed by atoms with Crippen LogP contribution in [-0.2, 0) is 0 Å². The van der Waals surface area contributed by atoms with Crippen LogP contribution in [0.1, 0.15) is 60.4 Å². The lowest BCUT2D eigenvalue weighted by Gasteiger charge is -2.33. The first-order chi connectivity index (χ1) is 11.6. The fourth-order valence-electron chi connectivity index (χ4n) is 4.00. The molecule has 1 aromatic carbocycles. The molecule has 0 radical (unpaired) electrons. The molecule has 5 nitrogen and oxygen atoms in total. The number of hydrogen-bond acceptors (Lipinski definition) is 2. The Bertz CT molecular complexity index is 588. The smallest absolute Gasteiger partial charge is 0.335 e. The standard InChI is InChI=1S/C19H26N2O3/c22-18(23)17-8-4-3-7-16(17)15-9-11-21(12-10-15)19(24)20-13-14-5-1-2-6-14/h3-4,7-8,14-15H,1-2,5-6,9-13H2,(H,20,24)(H,22,23). The molecule has 2 N–H and O–H groups in total. The molecule has 0 aromatic heterocycles. The molecule has 130 valence electrons. The summed E-state index contributed by atoms with van der Waals surface area (Å²) in [5.74, 6) is -0.00699. The van der Waals surface area contributed by atoms with Crippen molar-refractivity contribution in [3.63, 3.8) is 0 Å². The first kappa shape index (κ1) is 16.8. The molecule has 2 fully saturated rings. The van der Waals surface area contributed by atoms with Crippen molar-refractivity contribution in [3.05, 3.63) is 35.4 Å². The molecule has 2 amide bonds. The Morgan fingerprint density at radius 1 is 1.08 bits per heavy atom. The van der Waals surface area contributed by atoms with E-state index < -0.39 is 5.97 Å². The molecular weight excluding hydrogens is 304 g/mol. The predicted molar refractivity (Wildman–Crippen MR) is 92.3 cm³/mol. The van der Waals surface area contributed by atoms with Gasteiger partial charge in [-0.05, 0) is 49.1 Å². The van der Waals surface area contributed by atoms with Gasteiger partial charge in [-0.1, -0.05) is 31.0 Å². The molecule has 0 unspecified atom stereocenters. The highest BCUT2D eigenvalue weighted by Crippen LogP contribution is 2.30. The maximum atomic E-state index is 12.3. The van der Waals surface area contributed by atoms with Crippen molar-refractivity contribution < 1.29 is 14.7 Å². The summed E-state index contributed by atoms with van der Waals surface area (Å²) < 4.78 is 0. The molecule has 1 saturated carbocycles. The van der Waals surface area contributed by atoms with Crippen LogP contribution >= 0.6 is 0 Å². The SMILES string of the molecule is O=C(O)c1ccccc1C1CCN(C(=O)NCC2CCCC2)CC1. The van der Waals surface area contributed by atoms with Crippen molar-refractivity contribution in [1.82, 2.24) is 10.2 Å². The Morgan fingerprint density at radius 3 is 2.42 bits per heavy atom. The van der Waals surface area contributed by atoms with Crippen LogP contribution in [0.5, 0.6) is 0 Å². The number of carboxylic acids is 1. The zero-order valence-corrected chi connectivity index (χ0v) is 14.0. The van der Waals surface area contributed by atoms with Gasteiger partial charge in [0.2, 0.25) is 0 Å². The van der Waals surface area contributed by atoms with Crippen LogP contribution in [-0.4, -0.2) is 41.6 Å². The van der Waals surface area contributed by atoms with E-state index >= 15 is 0 Å². The van der Waals surface area contributed by atoms with Gasteiger partial charge >= 0.3 is 12.0 Å². The second kappa shape index (κ2) is 7.69. The zero-order chi connectivity index (χ0) is 16.9. The molecule has 0 spiro atoms. The molecule has 1 saturated heterocycles. The number of likely N-dealkylation sites (tertiary alicyclic amines) is 1. The van der Waals surface area contributed by atoms with E-state index in [0.29, 0.717) is 24.6 Å². The molecule has 0 atom stereocenters. The molecule has 2 aliphatic rings. The number of carbonyl (C=O) groups is 2. The van der Waals surface area contributed by atoms with Gasteiger partial charge in [0.1, 0.15) is 0 Å². The number of urea groups is 1. The quantitative estimate of drug-likeness (QED) is 0.888. The highest BCUT2D eigenvalue weighted by molar-refractivity contribution is 5.89. The van der Waals surface area contributed by atoms with E-state index in [2.05, 4.69) is 5.32 Å². The molecule has 1 heterocycles. The van der Waals surface area contributed by atoms with Crippen LogP contribution in [0.4, 0.5) is 4.79 Å². The minimum absolute atomic E-state index is 0.0341. The topological polar surface area (TPSA) is 69.6 Å². The number of piperidine rings is 1. The third kappa shape index (κ3) is 3.89. The number of carboxylic acid groups (broad SMARTS) is 1. The molecule has 24 heavy (non-hydrogen) atoms. The minimum atomic E-state index is -0.873. The van der Waals surface area contributed by atoms with Crippen LogP contribution < -0.4 is 5.32 Å². The third-order valence-electron chi connectivity index (χ3n) is 5.43. The summed E-state index contributed by atoms with van der Waals surface area (Å²) >= 11 is 0. The van der Waals surface area contributed by atoms with E-state index in [4.69, 9.17) is 0 Å². The predicted octanol–water partition coefficient (Wildman–Crippen LogP) is 3.46.